The van der Waals surface area contributed by atoms with Gasteiger partial charge in [0.25, 0.3) is 0 Å². The molecule has 0 atom stereocenters. The van der Waals surface area contributed by atoms with Crippen LogP contribution in [-0.4, -0.2) is 11.5 Å². The van der Waals surface area contributed by atoms with Crippen molar-refractivity contribution in [3.8, 4) is 0 Å². The van der Waals surface area contributed by atoms with E-state index in [1.807, 2.05) is 5.41 Å². The summed E-state index contributed by atoms with van der Waals surface area (Å²) in [6.07, 6.45) is 1.16. The van der Waals surface area contributed by atoms with Crippen molar-refractivity contribution in [1.82, 2.24) is 0 Å². The Morgan fingerprint density at radius 2 is 2.50 bits per heavy atom. The number of hydrogen-bond acceptors (Lipinski definition) is 2. The van der Waals surface area contributed by atoms with Crippen LogP contribution in [0, 0.1) is 0 Å². The molecule has 0 aromatic carbocycles. The lowest BCUT2D eigenvalue weighted by atomic mass is 10.6. The highest BCUT2D eigenvalue weighted by molar-refractivity contribution is 8.02. The maximum atomic E-state index is 4.06. The van der Waals surface area contributed by atoms with Crippen LogP contribution in [0.2, 0.25) is 0 Å². The molecular formula is C6H10S2. The fourth-order valence-corrected chi connectivity index (χ4v) is 1.18. The number of thiol groups is 1. The van der Waals surface area contributed by atoms with Crippen LogP contribution in [-0.2, 0) is 0 Å². The van der Waals surface area contributed by atoms with Crippen LogP contribution >= 0.6 is 24.4 Å². The summed E-state index contributed by atoms with van der Waals surface area (Å²) in [6, 6.07) is 0. The van der Waals surface area contributed by atoms with E-state index in [0.29, 0.717) is 0 Å². The first-order chi connectivity index (χ1) is 3.91. The largest absolute Gasteiger partial charge is 0.179 e. The average Bonchev–Trinajstić information content (AvgIpc) is 1.81. The van der Waals surface area contributed by atoms with Gasteiger partial charge in [-0.3, -0.25) is 0 Å². The molecule has 0 bridgehead atoms. The molecule has 0 fully saturated rings. The Morgan fingerprint density at radius 3 is 3.00 bits per heavy atom. The summed E-state index contributed by atoms with van der Waals surface area (Å²) in [4.78, 5) is 0. The van der Waals surface area contributed by atoms with Crippen LogP contribution in [0.4, 0.5) is 0 Å². The fourth-order valence-electron chi connectivity index (χ4n) is 0.266. The standard InChI is InChI=1S/C6H10S2/c1-2-5-8-6-3-4-7/h5,7H,1,3-4,6H2. The van der Waals surface area contributed by atoms with Gasteiger partial charge in [0, 0.05) is 5.41 Å². The molecule has 0 amide bonds. The quantitative estimate of drug-likeness (QED) is 0.361. The van der Waals surface area contributed by atoms with Crippen molar-refractivity contribution in [1.29, 1.82) is 0 Å². The molecule has 0 saturated carbocycles. The van der Waals surface area contributed by atoms with Crippen molar-refractivity contribution in [2.75, 3.05) is 11.5 Å². The van der Waals surface area contributed by atoms with Crippen LogP contribution in [0.25, 0.3) is 0 Å². The van der Waals surface area contributed by atoms with Crippen LogP contribution in [0.3, 0.4) is 0 Å². The lowest BCUT2D eigenvalue weighted by Gasteiger charge is -1.87. The first kappa shape index (κ1) is 8.22. The van der Waals surface area contributed by atoms with Crippen LogP contribution in [0.15, 0.2) is 17.7 Å². The number of hydrogen-bond donors (Lipinski definition) is 1. The molecule has 8 heavy (non-hydrogen) atoms. The van der Waals surface area contributed by atoms with Crippen molar-refractivity contribution in [2.24, 2.45) is 0 Å². The zero-order valence-corrected chi connectivity index (χ0v) is 6.47. The molecule has 46 valence electrons. The third-order valence-corrected chi connectivity index (χ3v) is 1.76. The smallest absolute Gasteiger partial charge is 0.0122 e. The summed E-state index contributed by atoms with van der Waals surface area (Å²) < 4.78 is 0. The SMILES string of the molecule is C=C=CSCCCS. The van der Waals surface area contributed by atoms with Crippen molar-refractivity contribution in [3.05, 3.63) is 17.7 Å². The molecule has 0 N–H and O–H groups in total. The second-order valence-corrected chi connectivity index (χ2v) is 2.69. The number of rotatable bonds is 4. The number of thioether (sulfide) groups is 1. The Labute approximate surface area is 60.5 Å². The summed E-state index contributed by atoms with van der Waals surface area (Å²) >= 11 is 5.79. The minimum absolute atomic E-state index is 0.970. The minimum Gasteiger partial charge on any atom is -0.179 e. The molecule has 2 heteroatoms. The first-order valence-corrected chi connectivity index (χ1v) is 4.16. The van der Waals surface area contributed by atoms with E-state index < -0.39 is 0 Å². The van der Waals surface area contributed by atoms with Gasteiger partial charge in [-0.05, 0) is 17.9 Å². The van der Waals surface area contributed by atoms with Crippen molar-refractivity contribution in [2.45, 2.75) is 6.42 Å². The van der Waals surface area contributed by atoms with Gasteiger partial charge in [0.2, 0.25) is 0 Å². The Kier molecular flexibility index (Phi) is 7.42. The molecule has 0 spiro atoms. The van der Waals surface area contributed by atoms with E-state index >= 15 is 0 Å². The minimum atomic E-state index is 0.970. The van der Waals surface area contributed by atoms with Gasteiger partial charge < -0.3 is 0 Å². The Morgan fingerprint density at radius 1 is 1.75 bits per heavy atom. The lowest BCUT2D eigenvalue weighted by molar-refractivity contribution is 1.13. The summed E-state index contributed by atoms with van der Waals surface area (Å²) in [6.45, 7) is 3.44. The predicted molar refractivity (Wildman–Crippen MR) is 44.6 cm³/mol. The predicted octanol–water partition coefficient (Wildman–Crippen LogP) is 2.34. The van der Waals surface area contributed by atoms with E-state index in [1.165, 1.54) is 0 Å². The second-order valence-electron chi connectivity index (χ2n) is 1.27. The van der Waals surface area contributed by atoms with E-state index in [4.69, 9.17) is 0 Å². The zero-order chi connectivity index (χ0) is 6.24. The molecule has 0 aliphatic carbocycles. The maximum absolute atomic E-state index is 4.06. The molecule has 0 aromatic rings. The van der Waals surface area contributed by atoms with E-state index in [1.54, 1.807) is 11.8 Å². The van der Waals surface area contributed by atoms with Gasteiger partial charge in [0.15, 0.2) is 0 Å². The summed E-state index contributed by atoms with van der Waals surface area (Å²) in [5.41, 5.74) is 2.69. The molecule has 0 radical (unpaired) electrons. The lowest BCUT2D eigenvalue weighted by Crippen LogP contribution is -1.75. The molecule has 0 aliphatic rings. The van der Waals surface area contributed by atoms with Crippen molar-refractivity contribution < 1.29 is 0 Å². The van der Waals surface area contributed by atoms with Gasteiger partial charge in [0.1, 0.15) is 0 Å². The molecule has 0 aromatic heterocycles. The molecule has 0 rings (SSSR count). The van der Waals surface area contributed by atoms with Gasteiger partial charge in [-0.15, -0.1) is 17.5 Å². The third kappa shape index (κ3) is 6.22. The van der Waals surface area contributed by atoms with Crippen LogP contribution in [0.1, 0.15) is 6.42 Å². The van der Waals surface area contributed by atoms with Crippen molar-refractivity contribution in [3.63, 3.8) is 0 Å². The summed E-state index contributed by atoms with van der Waals surface area (Å²) in [5, 5.41) is 1.88. The van der Waals surface area contributed by atoms with E-state index in [-0.39, 0.29) is 0 Å². The molecule has 0 aliphatic heterocycles. The molecular weight excluding hydrogens is 136 g/mol. The molecule has 0 unspecified atom stereocenters. The van der Waals surface area contributed by atoms with Gasteiger partial charge >= 0.3 is 0 Å². The average molecular weight is 146 g/mol. The van der Waals surface area contributed by atoms with Gasteiger partial charge in [-0.1, -0.05) is 6.58 Å². The van der Waals surface area contributed by atoms with Crippen molar-refractivity contribution >= 4 is 24.4 Å². The van der Waals surface area contributed by atoms with Gasteiger partial charge in [-0.2, -0.15) is 12.6 Å². The van der Waals surface area contributed by atoms with E-state index in [9.17, 15) is 0 Å². The highest BCUT2D eigenvalue weighted by Gasteiger charge is 1.79. The Bertz CT molecular complexity index is 82.5. The van der Waals surface area contributed by atoms with Crippen LogP contribution in [0.5, 0.6) is 0 Å². The van der Waals surface area contributed by atoms with Gasteiger partial charge in [0.05, 0.1) is 0 Å². The molecule has 0 heterocycles. The molecule has 0 saturated heterocycles. The fraction of sp³-hybridized carbons (Fsp3) is 0.500. The Balaban J connectivity index is 2.82. The third-order valence-electron chi connectivity index (χ3n) is 0.587. The van der Waals surface area contributed by atoms with Gasteiger partial charge in [-0.25, -0.2) is 0 Å². The Hall–Kier alpha value is 0.220. The highest BCUT2D eigenvalue weighted by Crippen LogP contribution is 2.02. The second kappa shape index (κ2) is 7.22. The maximum Gasteiger partial charge on any atom is 0.0122 e. The highest BCUT2D eigenvalue weighted by atomic mass is 32.2. The zero-order valence-electron chi connectivity index (χ0n) is 4.76. The molecule has 0 nitrogen and oxygen atoms in total. The van der Waals surface area contributed by atoms with E-state index in [2.05, 4.69) is 24.9 Å². The topological polar surface area (TPSA) is 0 Å². The normalized spacial score (nSPS) is 8.12. The summed E-state index contributed by atoms with van der Waals surface area (Å²) in [5.74, 6) is 2.10. The van der Waals surface area contributed by atoms with Crippen LogP contribution < -0.4 is 0 Å². The van der Waals surface area contributed by atoms with E-state index in [0.717, 1.165) is 17.9 Å². The summed E-state index contributed by atoms with van der Waals surface area (Å²) in [7, 11) is 0. The first-order valence-electron chi connectivity index (χ1n) is 2.48. The monoisotopic (exact) mass is 146 g/mol.